The molecule has 3 aromatic carbocycles. The van der Waals surface area contributed by atoms with Crippen molar-refractivity contribution in [2.24, 2.45) is 5.73 Å². The molecule has 0 aliphatic rings. The Labute approximate surface area is 149 Å². The fraction of sp³-hybridized carbons (Fsp3) is 0.182. The van der Waals surface area contributed by atoms with Gasteiger partial charge in [-0.3, -0.25) is 0 Å². The molecule has 0 aliphatic heterocycles. The molecule has 0 heterocycles. The highest BCUT2D eigenvalue weighted by Crippen LogP contribution is 2.29. The van der Waals surface area contributed by atoms with Crippen LogP contribution in [-0.2, 0) is 6.42 Å². The van der Waals surface area contributed by atoms with Crippen LogP contribution in [0, 0.1) is 0 Å². The van der Waals surface area contributed by atoms with E-state index in [0.29, 0.717) is 19.8 Å². The van der Waals surface area contributed by atoms with Crippen molar-refractivity contribution in [1.29, 1.82) is 0 Å². The second-order valence-electron chi connectivity index (χ2n) is 5.75. The summed E-state index contributed by atoms with van der Waals surface area (Å²) < 4.78 is 11.7. The SMILES string of the molecule is NCCc1cccc(OCCOc2ccccc2-c2ccccc2)c1. The minimum atomic E-state index is 0.491. The summed E-state index contributed by atoms with van der Waals surface area (Å²) in [7, 11) is 0. The number of hydrogen-bond acceptors (Lipinski definition) is 3. The van der Waals surface area contributed by atoms with Gasteiger partial charge >= 0.3 is 0 Å². The van der Waals surface area contributed by atoms with Crippen LogP contribution in [-0.4, -0.2) is 19.8 Å². The number of ether oxygens (including phenoxy) is 2. The van der Waals surface area contributed by atoms with Crippen LogP contribution in [0.5, 0.6) is 11.5 Å². The van der Waals surface area contributed by atoms with Gasteiger partial charge in [0, 0.05) is 5.56 Å². The van der Waals surface area contributed by atoms with Crippen molar-refractivity contribution >= 4 is 0 Å². The van der Waals surface area contributed by atoms with E-state index in [2.05, 4.69) is 24.3 Å². The monoisotopic (exact) mass is 333 g/mol. The Kier molecular flexibility index (Phi) is 6.07. The van der Waals surface area contributed by atoms with E-state index in [4.69, 9.17) is 15.2 Å². The molecule has 25 heavy (non-hydrogen) atoms. The summed E-state index contributed by atoms with van der Waals surface area (Å²) in [6, 6.07) is 26.4. The molecule has 0 bridgehead atoms. The summed E-state index contributed by atoms with van der Waals surface area (Å²) in [5.74, 6) is 1.72. The average Bonchev–Trinajstić information content (AvgIpc) is 2.67. The van der Waals surface area contributed by atoms with Gasteiger partial charge in [-0.1, -0.05) is 60.7 Å². The van der Waals surface area contributed by atoms with Gasteiger partial charge in [0.2, 0.25) is 0 Å². The molecule has 0 aromatic heterocycles. The zero-order chi connectivity index (χ0) is 17.3. The molecular weight excluding hydrogens is 310 g/mol. The van der Waals surface area contributed by atoms with Gasteiger partial charge in [-0.2, -0.15) is 0 Å². The molecule has 128 valence electrons. The molecule has 0 saturated carbocycles. The van der Waals surface area contributed by atoms with E-state index in [1.807, 2.05) is 54.6 Å². The van der Waals surface area contributed by atoms with E-state index in [1.54, 1.807) is 0 Å². The van der Waals surface area contributed by atoms with E-state index in [-0.39, 0.29) is 0 Å². The maximum absolute atomic E-state index is 5.95. The predicted molar refractivity (Wildman–Crippen MR) is 102 cm³/mol. The third-order valence-corrected chi connectivity index (χ3v) is 3.91. The molecular formula is C22H23NO2. The van der Waals surface area contributed by atoms with Crippen LogP contribution in [0.1, 0.15) is 5.56 Å². The van der Waals surface area contributed by atoms with Crippen molar-refractivity contribution in [3.63, 3.8) is 0 Å². The molecule has 3 nitrogen and oxygen atoms in total. The summed E-state index contributed by atoms with van der Waals surface area (Å²) in [6.07, 6.45) is 0.859. The first kappa shape index (κ1) is 17.1. The van der Waals surface area contributed by atoms with Crippen molar-refractivity contribution in [3.8, 4) is 22.6 Å². The minimum Gasteiger partial charge on any atom is -0.490 e. The van der Waals surface area contributed by atoms with Gasteiger partial charge in [-0.15, -0.1) is 0 Å². The van der Waals surface area contributed by atoms with Crippen LogP contribution in [0.25, 0.3) is 11.1 Å². The molecule has 0 fully saturated rings. The Bertz CT molecular complexity index is 787. The number of benzene rings is 3. The number of rotatable bonds is 8. The first-order valence-corrected chi connectivity index (χ1v) is 8.56. The molecule has 0 atom stereocenters. The van der Waals surface area contributed by atoms with Gasteiger partial charge in [0.25, 0.3) is 0 Å². The zero-order valence-electron chi connectivity index (χ0n) is 14.2. The molecule has 2 N–H and O–H groups in total. The van der Waals surface area contributed by atoms with Crippen LogP contribution in [0.4, 0.5) is 0 Å². The minimum absolute atomic E-state index is 0.491. The molecule has 0 radical (unpaired) electrons. The van der Waals surface area contributed by atoms with Crippen molar-refractivity contribution in [2.45, 2.75) is 6.42 Å². The summed E-state index contributed by atoms with van der Waals surface area (Å²) in [4.78, 5) is 0. The highest BCUT2D eigenvalue weighted by atomic mass is 16.5. The molecule has 3 aromatic rings. The number of nitrogens with two attached hydrogens (primary N) is 1. The van der Waals surface area contributed by atoms with Gasteiger partial charge in [0.1, 0.15) is 24.7 Å². The maximum Gasteiger partial charge on any atom is 0.127 e. The van der Waals surface area contributed by atoms with E-state index in [1.165, 1.54) is 5.56 Å². The quantitative estimate of drug-likeness (QED) is 0.625. The van der Waals surface area contributed by atoms with E-state index < -0.39 is 0 Å². The first-order chi connectivity index (χ1) is 12.4. The fourth-order valence-electron chi connectivity index (χ4n) is 2.72. The van der Waals surface area contributed by atoms with Crippen LogP contribution in [0.2, 0.25) is 0 Å². The van der Waals surface area contributed by atoms with Gasteiger partial charge in [0.15, 0.2) is 0 Å². The third kappa shape index (κ3) is 4.85. The maximum atomic E-state index is 5.95. The predicted octanol–water partition coefficient (Wildman–Crippen LogP) is 4.31. The standard InChI is InChI=1S/C22H23NO2/c23-14-13-18-7-6-10-20(17-18)24-15-16-25-22-12-5-4-11-21(22)19-8-2-1-3-9-19/h1-12,17H,13-16,23H2. The molecule has 3 rings (SSSR count). The van der Waals surface area contributed by atoms with Crippen molar-refractivity contribution < 1.29 is 9.47 Å². The summed E-state index contributed by atoms with van der Waals surface area (Å²) in [6.45, 7) is 1.63. The summed E-state index contributed by atoms with van der Waals surface area (Å²) in [5.41, 5.74) is 9.03. The third-order valence-electron chi connectivity index (χ3n) is 3.91. The van der Waals surface area contributed by atoms with E-state index >= 15 is 0 Å². The lowest BCUT2D eigenvalue weighted by atomic mass is 10.1. The molecule has 0 amide bonds. The highest BCUT2D eigenvalue weighted by molar-refractivity contribution is 5.70. The summed E-state index contributed by atoms with van der Waals surface area (Å²) >= 11 is 0. The number of hydrogen-bond donors (Lipinski definition) is 1. The largest absolute Gasteiger partial charge is 0.490 e. The van der Waals surface area contributed by atoms with Crippen LogP contribution < -0.4 is 15.2 Å². The molecule has 3 heteroatoms. The van der Waals surface area contributed by atoms with E-state index in [0.717, 1.165) is 29.0 Å². The first-order valence-electron chi connectivity index (χ1n) is 8.56. The van der Waals surface area contributed by atoms with Crippen molar-refractivity contribution in [1.82, 2.24) is 0 Å². The Morgan fingerprint density at radius 3 is 2.32 bits per heavy atom. The Hall–Kier alpha value is -2.78. The van der Waals surface area contributed by atoms with Crippen LogP contribution >= 0.6 is 0 Å². The molecule has 0 unspecified atom stereocenters. The van der Waals surface area contributed by atoms with Gasteiger partial charge < -0.3 is 15.2 Å². The van der Waals surface area contributed by atoms with Crippen molar-refractivity contribution in [3.05, 3.63) is 84.4 Å². The molecule has 0 aliphatic carbocycles. The average molecular weight is 333 g/mol. The Morgan fingerprint density at radius 1 is 0.720 bits per heavy atom. The zero-order valence-corrected chi connectivity index (χ0v) is 14.2. The second kappa shape index (κ2) is 8.90. The number of para-hydroxylation sites is 1. The van der Waals surface area contributed by atoms with Crippen LogP contribution in [0.15, 0.2) is 78.9 Å². The van der Waals surface area contributed by atoms with Gasteiger partial charge in [0.05, 0.1) is 0 Å². The lowest BCUT2D eigenvalue weighted by Crippen LogP contribution is -2.10. The van der Waals surface area contributed by atoms with Gasteiger partial charge in [-0.25, -0.2) is 0 Å². The lowest BCUT2D eigenvalue weighted by Gasteiger charge is -2.12. The van der Waals surface area contributed by atoms with Gasteiger partial charge in [-0.05, 0) is 42.3 Å². The van der Waals surface area contributed by atoms with Crippen molar-refractivity contribution in [2.75, 3.05) is 19.8 Å². The topological polar surface area (TPSA) is 44.5 Å². The normalized spacial score (nSPS) is 10.4. The Morgan fingerprint density at radius 2 is 1.48 bits per heavy atom. The summed E-state index contributed by atoms with van der Waals surface area (Å²) in [5, 5.41) is 0. The van der Waals surface area contributed by atoms with E-state index in [9.17, 15) is 0 Å². The highest BCUT2D eigenvalue weighted by Gasteiger charge is 2.05. The molecule has 0 spiro atoms. The fourth-order valence-corrected chi connectivity index (χ4v) is 2.72. The Balaban J connectivity index is 1.57. The lowest BCUT2D eigenvalue weighted by molar-refractivity contribution is 0.217. The van der Waals surface area contributed by atoms with Crippen LogP contribution in [0.3, 0.4) is 0 Å². The second-order valence-corrected chi connectivity index (χ2v) is 5.75. The molecule has 0 saturated heterocycles. The smallest absolute Gasteiger partial charge is 0.127 e.